The molecule has 0 aliphatic heterocycles. The first-order valence-corrected chi connectivity index (χ1v) is 22.2. The fourth-order valence-electron chi connectivity index (χ4n) is 7.54. The molecule has 2 aliphatic carbocycles. The molecule has 2 heteroatoms. The van der Waals surface area contributed by atoms with Crippen molar-refractivity contribution < 1.29 is 18.3 Å². The molecule has 2 aliphatic rings. The van der Waals surface area contributed by atoms with Gasteiger partial charge in [-0.25, -0.2) is 0 Å². The van der Waals surface area contributed by atoms with E-state index in [9.17, 15) is 0 Å². The Kier molecular flexibility index (Phi) is 6.76. The number of allylic oxidation sites excluding steroid dienone is 4. The van der Waals surface area contributed by atoms with Crippen molar-refractivity contribution in [2.45, 2.75) is 59.6 Å². The molecule has 0 fully saturated rings. The van der Waals surface area contributed by atoms with Crippen molar-refractivity contribution in [3.8, 4) is 11.1 Å². The number of hydrogen-bond donors (Lipinski definition) is 0. The van der Waals surface area contributed by atoms with Crippen LogP contribution in [0.3, 0.4) is 0 Å². The second-order valence-electron chi connectivity index (χ2n) is 14.3. The maximum atomic E-state index is 6.85. The van der Waals surface area contributed by atoms with Gasteiger partial charge in [0, 0.05) is 0 Å². The summed E-state index contributed by atoms with van der Waals surface area (Å²) in [4.78, 5) is 0. The zero-order valence-corrected chi connectivity index (χ0v) is 28.4. The summed E-state index contributed by atoms with van der Waals surface area (Å²) in [6.45, 7) is 13.9. The summed E-state index contributed by atoms with van der Waals surface area (Å²) in [5.74, 6) is 0. The van der Waals surface area contributed by atoms with Gasteiger partial charge in [0.1, 0.15) is 0 Å². The Morgan fingerprint density at radius 3 is 1.61 bits per heavy atom. The molecule has 0 saturated heterocycles. The van der Waals surface area contributed by atoms with E-state index in [4.69, 9.17) is 15.8 Å². The van der Waals surface area contributed by atoms with Crippen molar-refractivity contribution in [2.75, 3.05) is 0 Å². The molecule has 0 spiro atoms. The molecule has 0 radical (unpaired) electrons. The van der Waals surface area contributed by atoms with Crippen molar-refractivity contribution in [2.24, 2.45) is 0 Å². The monoisotopic (exact) mass is 634 g/mol. The summed E-state index contributed by atoms with van der Waals surface area (Å²) in [5, 5.41) is 0.777. The molecule has 41 heavy (non-hydrogen) atoms. The van der Waals surface area contributed by atoms with Crippen LogP contribution in [0, 0.1) is 0 Å². The molecule has 0 unspecified atom stereocenters. The van der Waals surface area contributed by atoms with Crippen molar-refractivity contribution in [1.82, 2.24) is 0 Å². The molecule has 0 heterocycles. The molecule has 0 N–H and O–H groups in total. The first-order chi connectivity index (χ1) is 19.3. The van der Waals surface area contributed by atoms with E-state index in [2.05, 4.69) is 151 Å². The van der Waals surface area contributed by atoms with Crippen LogP contribution in [-0.4, -0.2) is 4.21 Å². The summed E-state index contributed by atoms with van der Waals surface area (Å²) >= 11 is 2.07. The Labute approximate surface area is 252 Å². The standard InChI is InChI=1S/C21H25.C6H4Cl.C6H5.C5H5.CH2.Zr/c1-20(2,3)16-7-9-18-14(12-16)11-15-13-17(21(4,5)6)8-10-19(15)18;7-6-4-2-1-3-5-6;1-2-4-6-5-3-1;1-2-4-5-3-1;;/h7-13H,1-6H3;1-2,4-5H;1-5H;1-5H;1H2;. The van der Waals surface area contributed by atoms with Crippen molar-refractivity contribution in [3.63, 3.8) is 0 Å². The van der Waals surface area contributed by atoms with Gasteiger partial charge in [0.15, 0.2) is 0 Å². The van der Waals surface area contributed by atoms with Crippen LogP contribution in [-0.2, 0) is 29.1 Å². The molecular formula is C39H41ClZr. The Morgan fingerprint density at radius 2 is 1.12 bits per heavy atom. The normalized spacial score (nSPS) is 15.8. The summed E-state index contributed by atoms with van der Waals surface area (Å²) in [5.41, 5.74) is 8.36. The predicted molar refractivity (Wildman–Crippen MR) is 177 cm³/mol. The van der Waals surface area contributed by atoms with Crippen LogP contribution in [0.5, 0.6) is 0 Å². The van der Waals surface area contributed by atoms with Crippen LogP contribution in [0.4, 0.5) is 0 Å². The second-order valence-corrected chi connectivity index (χ2v) is 28.7. The second kappa shape index (κ2) is 9.72. The fraction of sp³-hybridized carbons (Fsp3) is 0.256. The van der Waals surface area contributed by atoms with Crippen molar-refractivity contribution in [1.29, 1.82) is 0 Å². The van der Waals surface area contributed by atoms with E-state index >= 15 is 0 Å². The van der Waals surface area contributed by atoms with E-state index in [1.807, 2.05) is 6.07 Å². The van der Waals surface area contributed by atoms with Crippen LogP contribution in [0.25, 0.3) is 11.1 Å². The summed E-state index contributed by atoms with van der Waals surface area (Å²) in [7, 11) is 0. The number of rotatable bonds is 4. The summed E-state index contributed by atoms with van der Waals surface area (Å²) in [6, 6.07) is 34.5. The Morgan fingerprint density at radius 1 is 0.610 bits per heavy atom. The van der Waals surface area contributed by atoms with E-state index in [1.54, 1.807) is 0 Å². The molecule has 4 aromatic carbocycles. The quantitative estimate of drug-likeness (QED) is 0.209. The van der Waals surface area contributed by atoms with Gasteiger partial charge in [-0.15, -0.1) is 0 Å². The third kappa shape index (κ3) is 4.30. The number of fused-ring (bicyclic) bond motifs is 3. The molecule has 0 bridgehead atoms. The molecule has 0 saturated carbocycles. The van der Waals surface area contributed by atoms with Gasteiger partial charge in [0.2, 0.25) is 0 Å². The van der Waals surface area contributed by atoms with Gasteiger partial charge < -0.3 is 0 Å². The van der Waals surface area contributed by atoms with Gasteiger partial charge in [-0.05, 0) is 0 Å². The molecule has 4 aromatic rings. The van der Waals surface area contributed by atoms with Gasteiger partial charge in [0.05, 0.1) is 0 Å². The minimum atomic E-state index is -4.78. The molecule has 0 atom stereocenters. The summed E-state index contributed by atoms with van der Waals surface area (Å²) in [6.07, 6.45) is 9.30. The molecule has 6 rings (SSSR count). The number of hydrogen-bond acceptors (Lipinski definition) is 0. The van der Waals surface area contributed by atoms with Crippen molar-refractivity contribution >= 4 is 22.4 Å². The van der Waals surface area contributed by atoms with Crippen LogP contribution in [0.15, 0.2) is 115 Å². The van der Waals surface area contributed by atoms with Crippen LogP contribution >= 0.6 is 11.6 Å². The van der Waals surface area contributed by atoms with E-state index in [1.165, 1.54) is 39.9 Å². The Bertz CT molecular complexity index is 1700. The van der Waals surface area contributed by atoms with E-state index in [0.29, 0.717) is 0 Å². The Balaban J connectivity index is 1.84. The van der Waals surface area contributed by atoms with Gasteiger partial charge in [-0.1, -0.05) is 0 Å². The maximum absolute atomic E-state index is 6.85. The number of benzene rings is 4. The van der Waals surface area contributed by atoms with Gasteiger partial charge in [-0.3, -0.25) is 0 Å². The van der Waals surface area contributed by atoms with E-state index in [0.717, 1.165) is 5.02 Å². The predicted octanol–water partition coefficient (Wildman–Crippen LogP) is 9.69. The molecular weight excluding hydrogens is 595 g/mol. The molecule has 0 nitrogen and oxygen atoms in total. The first kappa shape index (κ1) is 28.5. The van der Waals surface area contributed by atoms with Crippen LogP contribution < -0.4 is 6.54 Å². The molecule has 208 valence electrons. The van der Waals surface area contributed by atoms with Crippen molar-refractivity contribution in [3.05, 3.63) is 143 Å². The Hall–Kier alpha value is -2.60. The van der Waals surface area contributed by atoms with Crippen LogP contribution in [0.2, 0.25) is 8.65 Å². The average molecular weight is 636 g/mol. The number of halogens is 1. The molecule has 0 aromatic heterocycles. The fourth-order valence-corrected chi connectivity index (χ4v) is 25.5. The van der Waals surface area contributed by atoms with Gasteiger partial charge >= 0.3 is 254 Å². The van der Waals surface area contributed by atoms with Gasteiger partial charge in [0.25, 0.3) is 0 Å². The SMILES string of the molecule is [CH2]=[Zr]([c]1ccccc1)([c]1cccc(Cl)c1)([CH]1C=CC=C1)[CH]1c2cc(C(C)(C)C)ccc2-c2ccc(C(C)(C)C)cc21. The minimum absolute atomic E-state index is 0.0351. The molecule has 0 amide bonds. The van der Waals surface area contributed by atoms with E-state index in [-0.39, 0.29) is 18.1 Å². The zero-order valence-electron chi connectivity index (χ0n) is 25.2. The third-order valence-electron chi connectivity index (χ3n) is 9.88. The van der Waals surface area contributed by atoms with E-state index < -0.39 is 18.3 Å². The topological polar surface area (TPSA) is 0 Å². The average Bonchev–Trinajstić information content (AvgIpc) is 3.59. The summed E-state index contributed by atoms with van der Waals surface area (Å²) < 4.78 is 8.75. The zero-order chi connectivity index (χ0) is 29.2. The van der Waals surface area contributed by atoms with Crippen LogP contribution in [0.1, 0.15) is 67.4 Å². The van der Waals surface area contributed by atoms with Gasteiger partial charge in [-0.2, -0.15) is 0 Å². The third-order valence-corrected chi connectivity index (χ3v) is 27.9. The first-order valence-electron chi connectivity index (χ1n) is 14.8.